The highest BCUT2D eigenvalue weighted by molar-refractivity contribution is 7.14. The van der Waals surface area contributed by atoms with E-state index in [0.717, 1.165) is 35.4 Å². The average molecular weight is 524 g/mol. The van der Waals surface area contributed by atoms with Gasteiger partial charge in [0, 0.05) is 23.5 Å². The minimum atomic E-state index is -4.86. The summed E-state index contributed by atoms with van der Waals surface area (Å²) in [5.41, 5.74) is -2.39. The van der Waals surface area contributed by atoms with E-state index in [1.807, 2.05) is 6.92 Å². The van der Waals surface area contributed by atoms with E-state index in [1.54, 1.807) is 11.0 Å². The fourth-order valence-electron chi connectivity index (χ4n) is 3.78. The second-order valence-electron chi connectivity index (χ2n) is 7.88. The van der Waals surface area contributed by atoms with Crippen LogP contribution < -0.4 is 5.32 Å². The topological polar surface area (TPSA) is 53.9 Å². The van der Waals surface area contributed by atoms with Gasteiger partial charge in [0.25, 0.3) is 11.5 Å². The van der Waals surface area contributed by atoms with Crippen molar-refractivity contribution in [2.24, 2.45) is 5.16 Å². The van der Waals surface area contributed by atoms with Crippen molar-refractivity contribution in [2.75, 3.05) is 6.54 Å². The first-order valence-electron chi connectivity index (χ1n) is 10.2. The third-order valence-corrected chi connectivity index (χ3v) is 7.33. The molecule has 2 aliphatic rings. The van der Waals surface area contributed by atoms with Gasteiger partial charge in [0.2, 0.25) is 0 Å². The maximum absolute atomic E-state index is 14.2. The molecule has 1 atom stereocenters. The summed E-state index contributed by atoms with van der Waals surface area (Å²) in [6, 6.07) is 3.48. The smallest absolute Gasteiger partial charge is 0.372 e. The molecule has 2 aromatic rings. The Bertz CT molecular complexity index is 1070. The van der Waals surface area contributed by atoms with Crippen LogP contribution in [0.5, 0.6) is 0 Å². The number of carbonyl (C=O) groups is 1. The molecule has 0 radical (unpaired) electrons. The Morgan fingerprint density at radius 3 is 2.58 bits per heavy atom. The second-order valence-corrected chi connectivity index (χ2v) is 9.83. The summed E-state index contributed by atoms with van der Waals surface area (Å²) in [4.78, 5) is 20.4. The summed E-state index contributed by atoms with van der Waals surface area (Å²) in [6.07, 6.45) is -3.63. The monoisotopic (exact) mass is 523 g/mol. The Kier molecular flexibility index (Phi) is 6.54. The molecule has 1 aromatic carbocycles. The van der Waals surface area contributed by atoms with Crippen molar-refractivity contribution in [3.05, 3.63) is 54.9 Å². The lowest BCUT2D eigenvalue weighted by molar-refractivity contribution is -0.275. The Balaban J connectivity index is 1.51. The highest BCUT2D eigenvalue weighted by Gasteiger charge is 2.63. The number of halogens is 6. The molecule has 0 saturated heterocycles. The van der Waals surface area contributed by atoms with Crippen LogP contribution >= 0.6 is 34.5 Å². The van der Waals surface area contributed by atoms with Gasteiger partial charge in [-0.3, -0.25) is 4.79 Å². The van der Waals surface area contributed by atoms with Crippen molar-refractivity contribution in [3.8, 4) is 0 Å². The van der Waals surface area contributed by atoms with Gasteiger partial charge >= 0.3 is 6.18 Å². The molecule has 12 heteroatoms. The van der Waals surface area contributed by atoms with Crippen molar-refractivity contribution in [1.82, 2.24) is 10.2 Å². The fraction of sp³-hybridized carbons (Fsp3) is 0.429. The average Bonchev–Trinajstić information content (AvgIpc) is 3.44. The summed E-state index contributed by atoms with van der Waals surface area (Å²) in [5.74, 6) is -1.06. The van der Waals surface area contributed by atoms with Crippen molar-refractivity contribution in [1.29, 1.82) is 0 Å². The van der Waals surface area contributed by atoms with Crippen LogP contribution in [0.15, 0.2) is 23.4 Å². The van der Waals surface area contributed by atoms with Gasteiger partial charge in [0.05, 0.1) is 27.9 Å². The number of thiophene rings is 1. The molecule has 1 N–H and O–H groups in total. The largest absolute Gasteiger partial charge is 0.435 e. The number of nitrogens with one attached hydrogen (secondary N) is 1. The third kappa shape index (κ3) is 4.40. The molecular weight excluding hydrogens is 505 g/mol. The number of amides is 1. The highest BCUT2D eigenvalue weighted by Crippen LogP contribution is 2.50. The maximum Gasteiger partial charge on any atom is 0.435 e. The van der Waals surface area contributed by atoms with Gasteiger partial charge in [0.1, 0.15) is 5.84 Å². The molecule has 4 rings (SSSR count). The lowest BCUT2D eigenvalue weighted by Crippen LogP contribution is -2.44. The molecule has 0 spiro atoms. The van der Waals surface area contributed by atoms with Crippen LogP contribution in [0.2, 0.25) is 10.0 Å². The van der Waals surface area contributed by atoms with Crippen LogP contribution in [0.3, 0.4) is 0 Å². The predicted octanol–water partition coefficient (Wildman–Crippen LogP) is 6.23. The number of rotatable bonds is 5. The first-order chi connectivity index (χ1) is 15.6. The van der Waals surface area contributed by atoms with Crippen LogP contribution in [-0.4, -0.2) is 29.4 Å². The number of amidine groups is 1. The molecule has 2 aliphatic heterocycles. The van der Waals surface area contributed by atoms with Crippen LogP contribution in [0.1, 0.15) is 51.9 Å². The first-order valence-corrected chi connectivity index (χ1v) is 11.7. The van der Waals surface area contributed by atoms with Crippen LogP contribution in [-0.2, 0) is 23.5 Å². The number of oxime groups is 1. The molecule has 1 amide bonds. The number of carbonyl (C=O) groups excluding carboxylic acids is 1. The van der Waals surface area contributed by atoms with Crippen molar-refractivity contribution >= 4 is 46.3 Å². The van der Waals surface area contributed by atoms with E-state index in [-0.39, 0.29) is 11.7 Å². The number of nitrogens with zero attached hydrogens (tertiary/aromatic N) is 2. The minimum Gasteiger partial charge on any atom is -0.372 e. The van der Waals surface area contributed by atoms with Crippen LogP contribution in [0, 0.1) is 5.82 Å². The van der Waals surface area contributed by atoms with Gasteiger partial charge in [-0.25, -0.2) is 4.39 Å². The fourth-order valence-corrected chi connectivity index (χ4v) is 5.37. The van der Waals surface area contributed by atoms with E-state index in [9.17, 15) is 22.4 Å². The van der Waals surface area contributed by atoms with Gasteiger partial charge in [-0.15, -0.1) is 11.3 Å². The Morgan fingerprint density at radius 1 is 1.27 bits per heavy atom. The molecule has 0 bridgehead atoms. The zero-order chi connectivity index (χ0) is 24.0. The van der Waals surface area contributed by atoms with E-state index in [4.69, 9.17) is 28.0 Å². The second kappa shape index (κ2) is 8.96. The summed E-state index contributed by atoms with van der Waals surface area (Å²) >= 11 is 12.8. The van der Waals surface area contributed by atoms with Crippen LogP contribution in [0.25, 0.3) is 0 Å². The van der Waals surface area contributed by atoms with E-state index in [0.29, 0.717) is 24.5 Å². The molecule has 0 fully saturated rings. The molecule has 5 nitrogen and oxygen atoms in total. The highest BCUT2D eigenvalue weighted by atomic mass is 35.5. The van der Waals surface area contributed by atoms with Crippen molar-refractivity contribution in [2.45, 2.75) is 51.1 Å². The van der Waals surface area contributed by atoms with Crippen molar-refractivity contribution < 1.29 is 27.2 Å². The van der Waals surface area contributed by atoms with Gasteiger partial charge in [-0.05, 0) is 30.2 Å². The number of fused-ring (bicyclic) bond motifs is 1. The van der Waals surface area contributed by atoms with Gasteiger partial charge in [0.15, 0.2) is 5.82 Å². The molecule has 0 saturated carbocycles. The summed E-state index contributed by atoms with van der Waals surface area (Å²) < 4.78 is 56.3. The molecule has 33 heavy (non-hydrogen) atoms. The normalized spacial score (nSPS) is 20.0. The number of alkyl halides is 3. The predicted molar refractivity (Wildman–Crippen MR) is 118 cm³/mol. The minimum absolute atomic E-state index is 0.0984. The number of benzene rings is 1. The SMILES string of the molecule is CCCCNC(=O)c1cc2c(s1)CN(C1=NOC(c3cc(Cl)c(F)c(Cl)c3)(C(F)(F)F)C1)C2. The zero-order valence-electron chi connectivity index (χ0n) is 17.4. The maximum atomic E-state index is 14.2. The molecule has 1 aromatic heterocycles. The summed E-state index contributed by atoms with van der Waals surface area (Å²) in [6.45, 7) is 3.23. The van der Waals surface area contributed by atoms with Crippen LogP contribution in [0.4, 0.5) is 17.6 Å². The first kappa shape index (κ1) is 24.1. The molecule has 0 aliphatic carbocycles. The molecule has 178 valence electrons. The Morgan fingerprint density at radius 2 is 1.97 bits per heavy atom. The number of hydrogen-bond donors (Lipinski definition) is 1. The summed E-state index contributed by atoms with van der Waals surface area (Å²) in [5, 5.41) is 5.52. The van der Waals surface area contributed by atoms with Crippen molar-refractivity contribution in [3.63, 3.8) is 0 Å². The standard InChI is InChI=1S/C21H19Cl2F4N3O2S/c1-2-3-4-28-19(31)15-5-11-9-30(10-16(11)33-15)17-8-20(32-29-17,21(25,26)27)12-6-13(22)18(24)14(23)7-12/h5-7H,2-4,8-10H2,1H3,(H,28,31). The number of unbranched alkanes of at least 4 members (excludes halogenated alkanes) is 1. The van der Waals surface area contributed by atoms with E-state index >= 15 is 0 Å². The van der Waals surface area contributed by atoms with E-state index < -0.39 is 39.6 Å². The summed E-state index contributed by atoms with van der Waals surface area (Å²) in [7, 11) is 0. The van der Waals surface area contributed by atoms with Gasteiger partial charge in [-0.2, -0.15) is 13.2 Å². The molecule has 1 unspecified atom stereocenters. The zero-order valence-corrected chi connectivity index (χ0v) is 19.7. The Hall–Kier alpha value is -2.04. The Labute approximate surface area is 201 Å². The quantitative estimate of drug-likeness (QED) is 0.287. The van der Waals surface area contributed by atoms with Gasteiger partial charge in [-0.1, -0.05) is 41.7 Å². The third-order valence-electron chi connectivity index (χ3n) is 5.62. The van der Waals surface area contributed by atoms with E-state index in [1.165, 1.54) is 11.3 Å². The number of hydrogen-bond acceptors (Lipinski definition) is 5. The van der Waals surface area contributed by atoms with E-state index in [2.05, 4.69) is 10.5 Å². The lowest BCUT2D eigenvalue weighted by Gasteiger charge is -2.30. The van der Waals surface area contributed by atoms with Gasteiger partial charge < -0.3 is 15.1 Å². The molecule has 3 heterocycles. The molecular formula is C21H19Cl2F4N3O2S. The lowest BCUT2D eigenvalue weighted by atomic mass is 9.89.